The molecule has 0 aliphatic carbocycles. The van der Waals surface area contributed by atoms with Crippen molar-refractivity contribution in [2.75, 3.05) is 13.2 Å². The zero-order valence-electron chi connectivity index (χ0n) is 13.6. The zero-order chi connectivity index (χ0) is 14.8. The van der Waals surface area contributed by atoms with Gasteiger partial charge in [-0.3, -0.25) is 0 Å². The van der Waals surface area contributed by atoms with Crippen LogP contribution >= 0.6 is 0 Å². The van der Waals surface area contributed by atoms with Gasteiger partial charge in [0, 0.05) is 12.6 Å². The van der Waals surface area contributed by atoms with Crippen LogP contribution in [0.2, 0.25) is 0 Å². The minimum absolute atomic E-state index is 0.0966. The number of hydrogen-bond donors (Lipinski definition) is 1. The van der Waals surface area contributed by atoms with Gasteiger partial charge >= 0.3 is 0 Å². The lowest BCUT2D eigenvalue weighted by molar-refractivity contribution is -0.0404. The van der Waals surface area contributed by atoms with Gasteiger partial charge in [-0.05, 0) is 58.6 Å². The maximum atomic E-state index is 5.93. The molecular weight excluding hydrogens is 246 g/mol. The molecule has 0 heterocycles. The van der Waals surface area contributed by atoms with Crippen LogP contribution in [0.5, 0.6) is 0 Å². The van der Waals surface area contributed by atoms with E-state index >= 15 is 0 Å². The highest BCUT2D eigenvalue weighted by Gasteiger charge is 2.28. The van der Waals surface area contributed by atoms with Crippen molar-refractivity contribution in [3.63, 3.8) is 0 Å². The molecule has 0 amide bonds. The molecule has 0 saturated heterocycles. The van der Waals surface area contributed by atoms with Crippen molar-refractivity contribution in [1.82, 2.24) is 5.32 Å². The Morgan fingerprint density at radius 2 is 1.85 bits per heavy atom. The molecule has 0 aromatic heterocycles. The van der Waals surface area contributed by atoms with Gasteiger partial charge in [0.1, 0.15) is 0 Å². The molecule has 0 aliphatic heterocycles. The Labute approximate surface area is 124 Å². The predicted molar refractivity (Wildman–Crippen MR) is 87.2 cm³/mol. The molecule has 0 aliphatic rings. The first kappa shape index (κ1) is 17.2. The van der Waals surface area contributed by atoms with E-state index in [4.69, 9.17) is 4.74 Å². The van der Waals surface area contributed by atoms with E-state index in [2.05, 4.69) is 63.3 Å². The Morgan fingerprint density at radius 3 is 2.45 bits per heavy atom. The van der Waals surface area contributed by atoms with Crippen LogP contribution in [0.15, 0.2) is 30.3 Å². The summed E-state index contributed by atoms with van der Waals surface area (Å²) in [6, 6.07) is 11.2. The second-order valence-electron chi connectivity index (χ2n) is 5.92. The van der Waals surface area contributed by atoms with Crippen LogP contribution in [0.1, 0.15) is 52.5 Å². The van der Waals surface area contributed by atoms with Crippen molar-refractivity contribution in [1.29, 1.82) is 0 Å². The monoisotopic (exact) mass is 277 g/mol. The second kappa shape index (κ2) is 9.15. The van der Waals surface area contributed by atoms with Gasteiger partial charge in [0.05, 0.1) is 5.60 Å². The van der Waals surface area contributed by atoms with Crippen LogP contribution in [0.4, 0.5) is 0 Å². The fraction of sp³-hybridized carbons (Fsp3) is 0.667. The highest BCUT2D eigenvalue weighted by Crippen LogP contribution is 2.20. The molecule has 1 aromatic carbocycles. The van der Waals surface area contributed by atoms with Crippen molar-refractivity contribution in [3.8, 4) is 0 Å². The normalized spacial score (nSPS) is 13.4. The molecule has 1 atom stereocenters. The first-order valence-corrected chi connectivity index (χ1v) is 8.01. The molecule has 0 spiro atoms. The lowest BCUT2D eigenvalue weighted by Gasteiger charge is -2.35. The molecule has 1 rings (SSSR count). The smallest absolute Gasteiger partial charge is 0.0778 e. The average molecular weight is 277 g/mol. The molecule has 1 unspecified atom stereocenters. The molecule has 0 fully saturated rings. The number of aryl methyl sites for hydroxylation is 1. The van der Waals surface area contributed by atoms with Crippen LogP contribution in [0.3, 0.4) is 0 Å². The van der Waals surface area contributed by atoms with Crippen molar-refractivity contribution < 1.29 is 4.74 Å². The van der Waals surface area contributed by atoms with Crippen molar-refractivity contribution in [3.05, 3.63) is 35.9 Å². The van der Waals surface area contributed by atoms with Gasteiger partial charge in [-0.2, -0.15) is 0 Å². The van der Waals surface area contributed by atoms with Crippen LogP contribution in [0.25, 0.3) is 0 Å². The molecule has 114 valence electrons. The highest BCUT2D eigenvalue weighted by atomic mass is 16.5. The minimum atomic E-state index is -0.0966. The number of benzene rings is 1. The van der Waals surface area contributed by atoms with E-state index in [1.54, 1.807) is 0 Å². The molecule has 2 nitrogen and oxygen atoms in total. The summed E-state index contributed by atoms with van der Waals surface area (Å²) in [5, 5.41) is 3.66. The van der Waals surface area contributed by atoms with Crippen LogP contribution < -0.4 is 5.32 Å². The maximum Gasteiger partial charge on any atom is 0.0778 e. The molecule has 1 aromatic rings. The summed E-state index contributed by atoms with van der Waals surface area (Å²) in [4.78, 5) is 0. The third-order valence-corrected chi connectivity index (χ3v) is 3.80. The fourth-order valence-electron chi connectivity index (χ4n) is 2.64. The summed E-state index contributed by atoms with van der Waals surface area (Å²) in [6.45, 7) is 10.5. The maximum absolute atomic E-state index is 5.93. The van der Waals surface area contributed by atoms with Gasteiger partial charge in [-0.25, -0.2) is 0 Å². The summed E-state index contributed by atoms with van der Waals surface area (Å²) in [5.74, 6) is 0. The molecule has 20 heavy (non-hydrogen) atoms. The Kier molecular flexibility index (Phi) is 7.86. The van der Waals surface area contributed by atoms with Crippen molar-refractivity contribution in [2.24, 2.45) is 0 Å². The Hall–Kier alpha value is -0.860. The summed E-state index contributed by atoms with van der Waals surface area (Å²) < 4.78 is 5.93. The molecule has 0 saturated carbocycles. The summed E-state index contributed by atoms with van der Waals surface area (Å²) in [6.07, 6.45) is 4.66. The van der Waals surface area contributed by atoms with Gasteiger partial charge in [0.15, 0.2) is 0 Å². The molecule has 0 radical (unpaired) electrons. The van der Waals surface area contributed by atoms with Gasteiger partial charge in [0.2, 0.25) is 0 Å². The third kappa shape index (κ3) is 6.06. The fourth-order valence-corrected chi connectivity index (χ4v) is 2.64. The Morgan fingerprint density at radius 1 is 1.15 bits per heavy atom. The van der Waals surface area contributed by atoms with Crippen LogP contribution in [-0.2, 0) is 11.2 Å². The topological polar surface area (TPSA) is 21.3 Å². The first-order valence-electron chi connectivity index (χ1n) is 8.01. The van der Waals surface area contributed by atoms with E-state index in [0.717, 1.165) is 32.4 Å². The summed E-state index contributed by atoms with van der Waals surface area (Å²) in [7, 11) is 0. The van der Waals surface area contributed by atoms with E-state index in [9.17, 15) is 0 Å². The second-order valence-corrected chi connectivity index (χ2v) is 5.92. The van der Waals surface area contributed by atoms with E-state index in [-0.39, 0.29) is 5.60 Å². The first-order chi connectivity index (χ1) is 9.60. The van der Waals surface area contributed by atoms with E-state index < -0.39 is 0 Å². The zero-order valence-corrected chi connectivity index (χ0v) is 13.6. The Balaban J connectivity index is 2.47. The molecular formula is C18H31NO. The largest absolute Gasteiger partial charge is 0.374 e. The quantitative estimate of drug-likeness (QED) is 0.692. The van der Waals surface area contributed by atoms with Crippen molar-refractivity contribution in [2.45, 2.75) is 65.0 Å². The summed E-state index contributed by atoms with van der Waals surface area (Å²) in [5.41, 5.74) is 1.33. The molecule has 2 heteroatoms. The summed E-state index contributed by atoms with van der Waals surface area (Å²) >= 11 is 0. The SMILES string of the molecule is CCCNC(CCCc1ccccc1)C(C)(C)OCC. The van der Waals surface area contributed by atoms with Gasteiger partial charge in [-0.15, -0.1) is 0 Å². The number of hydrogen-bond acceptors (Lipinski definition) is 2. The average Bonchev–Trinajstić information content (AvgIpc) is 2.43. The lowest BCUT2D eigenvalue weighted by atomic mass is 9.92. The van der Waals surface area contributed by atoms with Crippen molar-refractivity contribution >= 4 is 0 Å². The number of nitrogens with one attached hydrogen (secondary N) is 1. The molecule has 1 N–H and O–H groups in total. The van der Waals surface area contributed by atoms with Crippen LogP contribution in [-0.4, -0.2) is 24.8 Å². The Bertz CT molecular complexity index is 348. The van der Waals surface area contributed by atoms with Gasteiger partial charge < -0.3 is 10.1 Å². The highest BCUT2D eigenvalue weighted by molar-refractivity contribution is 5.14. The lowest BCUT2D eigenvalue weighted by Crippen LogP contribution is -2.49. The molecule has 0 bridgehead atoms. The third-order valence-electron chi connectivity index (χ3n) is 3.80. The van der Waals surface area contributed by atoms with E-state index in [1.807, 2.05) is 0 Å². The predicted octanol–water partition coefficient (Wildman–Crippen LogP) is 4.19. The van der Waals surface area contributed by atoms with Gasteiger partial charge in [-0.1, -0.05) is 37.3 Å². The number of ether oxygens (including phenoxy) is 1. The van der Waals surface area contributed by atoms with Gasteiger partial charge in [0.25, 0.3) is 0 Å². The van der Waals surface area contributed by atoms with E-state index in [1.165, 1.54) is 12.0 Å². The standard InChI is InChI=1S/C18H31NO/c1-5-15-19-17(18(3,4)20-6-2)14-10-13-16-11-8-7-9-12-16/h7-9,11-12,17,19H,5-6,10,13-15H2,1-4H3. The minimum Gasteiger partial charge on any atom is -0.374 e. The number of rotatable bonds is 10. The van der Waals surface area contributed by atoms with Crippen LogP contribution in [0, 0.1) is 0 Å². The van der Waals surface area contributed by atoms with E-state index in [0.29, 0.717) is 6.04 Å².